The fourth-order valence-electron chi connectivity index (χ4n) is 3.82. The number of hydrogen-bond donors (Lipinski definition) is 1. The molecule has 1 N–H and O–H groups in total. The zero-order valence-corrected chi connectivity index (χ0v) is 13.5. The lowest BCUT2D eigenvalue weighted by atomic mass is 9.89. The quantitative estimate of drug-likeness (QED) is 0.849. The molecular weight excluding hydrogens is 268 g/mol. The summed E-state index contributed by atoms with van der Waals surface area (Å²) in [6.07, 6.45) is 4.37. The molecular formula is C16H30N2O3. The number of morpholine rings is 1. The first-order valence-corrected chi connectivity index (χ1v) is 8.54. The molecule has 2 heterocycles. The van der Waals surface area contributed by atoms with Crippen LogP contribution in [-0.2, 0) is 14.2 Å². The van der Waals surface area contributed by atoms with Crippen molar-refractivity contribution in [2.24, 2.45) is 0 Å². The van der Waals surface area contributed by atoms with Gasteiger partial charge in [-0.3, -0.25) is 4.90 Å². The fraction of sp³-hybridized carbons (Fsp3) is 1.00. The van der Waals surface area contributed by atoms with E-state index in [1.165, 1.54) is 0 Å². The van der Waals surface area contributed by atoms with E-state index in [1.807, 2.05) is 0 Å². The smallest absolute Gasteiger partial charge is 0.168 e. The minimum Gasteiger partial charge on any atom is -0.379 e. The minimum absolute atomic E-state index is 0.239. The van der Waals surface area contributed by atoms with E-state index in [2.05, 4.69) is 24.1 Å². The van der Waals surface area contributed by atoms with E-state index >= 15 is 0 Å². The largest absolute Gasteiger partial charge is 0.379 e. The van der Waals surface area contributed by atoms with E-state index in [0.717, 1.165) is 65.2 Å². The van der Waals surface area contributed by atoms with Gasteiger partial charge in [0, 0.05) is 44.1 Å². The summed E-state index contributed by atoms with van der Waals surface area (Å²) < 4.78 is 17.1. The Morgan fingerprint density at radius 2 is 1.62 bits per heavy atom. The Balaban J connectivity index is 1.43. The maximum absolute atomic E-state index is 5.81. The van der Waals surface area contributed by atoms with E-state index in [4.69, 9.17) is 14.2 Å². The van der Waals surface area contributed by atoms with Crippen LogP contribution in [0.25, 0.3) is 0 Å². The fourth-order valence-corrected chi connectivity index (χ4v) is 3.82. The number of ether oxygens (including phenoxy) is 3. The normalized spacial score (nSPS) is 30.6. The van der Waals surface area contributed by atoms with E-state index in [-0.39, 0.29) is 5.79 Å². The molecule has 2 saturated heterocycles. The van der Waals surface area contributed by atoms with Crippen LogP contribution in [0.4, 0.5) is 0 Å². The summed E-state index contributed by atoms with van der Waals surface area (Å²) in [6, 6.07) is 1.67. The van der Waals surface area contributed by atoms with Crippen molar-refractivity contribution in [1.82, 2.24) is 10.2 Å². The number of hydrogen-bond acceptors (Lipinski definition) is 5. The van der Waals surface area contributed by atoms with Crippen LogP contribution >= 0.6 is 0 Å². The molecule has 5 heteroatoms. The SMILES string of the molecule is C[C@H](NC1CCC2(CC1)OCCO2)[C@H](C)N1CCOCC1. The first kappa shape index (κ1) is 15.7. The van der Waals surface area contributed by atoms with Crippen molar-refractivity contribution in [2.45, 2.75) is 63.4 Å². The predicted octanol–water partition coefficient (Wildman–Crippen LogP) is 1.37. The van der Waals surface area contributed by atoms with Crippen LogP contribution in [-0.4, -0.2) is 68.3 Å². The lowest BCUT2D eigenvalue weighted by Crippen LogP contribution is -2.54. The zero-order chi connectivity index (χ0) is 14.7. The van der Waals surface area contributed by atoms with E-state index in [1.54, 1.807) is 0 Å². The summed E-state index contributed by atoms with van der Waals surface area (Å²) in [5, 5.41) is 3.83. The summed E-state index contributed by atoms with van der Waals surface area (Å²) in [5.41, 5.74) is 0. The Hall–Kier alpha value is -0.200. The Kier molecular flexibility index (Phi) is 5.17. The van der Waals surface area contributed by atoms with Gasteiger partial charge < -0.3 is 19.5 Å². The second-order valence-corrected chi connectivity index (χ2v) is 6.73. The van der Waals surface area contributed by atoms with Gasteiger partial charge in [-0.05, 0) is 26.7 Å². The predicted molar refractivity (Wildman–Crippen MR) is 81.3 cm³/mol. The van der Waals surface area contributed by atoms with Crippen molar-refractivity contribution in [3.05, 3.63) is 0 Å². The van der Waals surface area contributed by atoms with Crippen LogP contribution < -0.4 is 5.32 Å². The van der Waals surface area contributed by atoms with Gasteiger partial charge in [0.15, 0.2) is 5.79 Å². The molecule has 1 saturated carbocycles. The van der Waals surface area contributed by atoms with Crippen molar-refractivity contribution >= 4 is 0 Å². The minimum atomic E-state index is -0.239. The highest BCUT2D eigenvalue weighted by Gasteiger charge is 2.40. The van der Waals surface area contributed by atoms with Crippen LogP contribution in [0, 0.1) is 0 Å². The Morgan fingerprint density at radius 1 is 1.00 bits per heavy atom. The molecule has 0 aromatic heterocycles. The third kappa shape index (κ3) is 3.77. The van der Waals surface area contributed by atoms with Crippen molar-refractivity contribution < 1.29 is 14.2 Å². The molecule has 5 nitrogen and oxygen atoms in total. The Bertz CT molecular complexity index is 317. The molecule has 0 unspecified atom stereocenters. The number of nitrogens with zero attached hydrogens (tertiary/aromatic N) is 1. The maximum Gasteiger partial charge on any atom is 0.168 e. The summed E-state index contributed by atoms with van der Waals surface area (Å²) in [5.74, 6) is -0.239. The lowest BCUT2D eigenvalue weighted by Gasteiger charge is -2.40. The molecule has 1 aliphatic carbocycles. The molecule has 1 spiro atoms. The van der Waals surface area contributed by atoms with Crippen LogP contribution in [0.15, 0.2) is 0 Å². The van der Waals surface area contributed by atoms with Crippen molar-refractivity contribution in [3.8, 4) is 0 Å². The summed E-state index contributed by atoms with van der Waals surface area (Å²) in [7, 11) is 0. The van der Waals surface area contributed by atoms with Gasteiger partial charge in [0.2, 0.25) is 0 Å². The van der Waals surface area contributed by atoms with Crippen LogP contribution in [0.5, 0.6) is 0 Å². The highest BCUT2D eigenvalue weighted by Crippen LogP contribution is 2.35. The Labute approximate surface area is 128 Å². The highest BCUT2D eigenvalue weighted by molar-refractivity contribution is 4.88. The molecule has 3 aliphatic rings. The van der Waals surface area contributed by atoms with Gasteiger partial charge >= 0.3 is 0 Å². The van der Waals surface area contributed by atoms with Crippen molar-refractivity contribution in [2.75, 3.05) is 39.5 Å². The van der Waals surface area contributed by atoms with E-state index in [9.17, 15) is 0 Å². The Morgan fingerprint density at radius 3 is 2.24 bits per heavy atom. The van der Waals surface area contributed by atoms with Gasteiger partial charge in [0.25, 0.3) is 0 Å². The van der Waals surface area contributed by atoms with Crippen molar-refractivity contribution in [3.63, 3.8) is 0 Å². The molecule has 0 bridgehead atoms. The third-order valence-corrected chi connectivity index (χ3v) is 5.40. The van der Waals surface area contributed by atoms with E-state index < -0.39 is 0 Å². The van der Waals surface area contributed by atoms with Gasteiger partial charge in [0.05, 0.1) is 26.4 Å². The molecule has 0 aromatic carbocycles. The average molecular weight is 298 g/mol. The molecule has 3 rings (SSSR count). The van der Waals surface area contributed by atoms with Gasteiger partial charge in [-0.1, -0.05) is 0 Å². The van der Waals surface area contributed by atoms with Gasteiger partial charge in [-0.2, -0.15) is 0 Å². The zero-order valence-electron chi connectivity index (χ0n) is 13.5. The molecule has 2 atom stereocenters. The second-order valence-electron chi connectivity index (χ2n) is 6.73. The number of rotatable bonds is 4. The highest BCUT2D eigenvalue weighted by atomic mass is 16.7. The molecule has 122 valence electrons. The maximum atomic E-state index is 5.81. The second kappa shape index (κ2) is 6.92. The molecule has 2 aliphatic heterocycles. The summed E-state index contributed by atoms with van der Waals surface area (Å²) >= 11 is 0. The molecule has 0 amide bonds. The standard InChI is InChI=1S/C16H30N2O3/c1-13(14(2)18-7-9-19-10-8-18)17-15-3-5-16(6-4-15)20-11-12-21-16/h13-15,17H,3-12H2,1-2H3/t13-,14-/m0/s1. The lowest BCUT2D eigenvalue weighted by molar-refractivity contribution is -0.179. The average Bonchev–Trinajstić information content (AvgIpc) is 2.98. The topological polar surface area (TPSA) is 43.0 Å². The monoisotopic (exact) mass is 298 g/mol. The molecule has 0 aromatic rings. The summed E-state index contributed by atoms with van der Waals surface area (Å²) in [6.45, 7) is 10.0. The third-order valence-electron chi connectivity index (χ3n) is 5.40. The number of nitrogens with one attached hydrogen (secondary N) is 1. The van der Waals surface area contributed by atoms with Crippen LogP contribution in [0.1, 0.15) is 39.5 Å². The molecule has 3 fully saturated rings. The van der Waals surface area contributed by atoms with Gasteiger partial charge in [-0.25, -0.2) is 0 Å². The van der Waals surface area contributed by atoms with E-state index in [0.29, 0.717) is 18.1 Å². The first-order chi connectivity index (χ1) is 10.2. The van der Waals surface area contributed by atoms with Gasteiger partial charge in [0.1, 0.15) is 0 Å². The van der Waals surface area contributed by atoms with Crippen molar-refractivity contribution in [1.29, 1.82) is 0 Å². The van der Waals surface area contributed by atoms with Crippen LogP contribution in [0.3, 0.4) is 0 Å². The molecule has 21 heavy (non-hydrogen) atoms. The first-order valence-electron chi connectivity index (χ1n) is 8.54. The van der Waals surface area contributed by atoms with Crippen LogP contribution in [0.2, 0.25) is 0 Å². The summed E-state index contributed by atoms with van der Waals surface area (Å²) in [4.78, 5) is 2.54. The van der Waals surface area contributed by atoms with Gasteiger partial charge in [-0.15, -0.1) is 0 Å². The molecule has 0 radical (unpaired) electrons.